The van der Waals surface area contributed by atoms with E-state index in [1.165, 1.54) is 6.33 Å². The predicted octanol–water partition coefficient (Wildman–Crippen LogP) is 2.81. The SMILES string of the molecule is Cc1ccc(S(=O)(=O)N2CCCC2c2c(C)noc2C)cc1-c1cnc2c(N)ncnn12. The maximum Gasteiger partial charge on any atom is 0.243 e. The van der Waals surface area contributed by atoms with Crippen LogP contribution in [0.25, 0.3) is 16.9 Å². The molecule has 1 aliphatic rings. The highest BCUT2D eigenvalue weighted by molar-refractivity contribution is 7.89. The van der Waals surface area contributed by atoms with Crippen molar-refractivity contribution < 1.29 is 12.9 Å². The number of nitrogens with zero attached hydrogens (tertiary/aromatic N) is 6. The van der Waals surface area contributed by atoms with Crippen molar-refractivity contribution >= 4 is 21.5 Å². The van der Waals surface area contributed by atoms with E-state index in [1.807, 2.05) is 20.8 Å². The highest BCUT2D eigenvalue weighted by Crippen LogP contribution is 2.40. The van der Waals surface area contributed by atoms with E-state index in [4.69, 9.17) is 10.3 Å². The molecule has 0 amide bonds. The number of hydrogen-bond acceptors (Lipinski definition) is 8. The van der Waals surface area contributed by atoms with Gasteiger partial charge < -0.3 is 10.3 Å². The summed E-state index contributed by atoms with van der Waals surface area (Å²) in [5, 5.41) is 8.26. The second kappa shape index (κ2) is 7.38. The summed E-state index contributed by atoms with van der Waals surface area (Å²) in [5.41, 5.74) is 10.2. The van der Waals surface area contributed by atoms with Crippen LogP contribution in [0.1, 0.15) is 41.5 Å². The Labute approximate surface area is 185 Å². The average Bonchev–Trinajstić information content (AvgIpc) is 3.48. The summed E-state index contributed by atoms with van der Waals surface area (Å²) in [6, 6.07) is 4.82. The van der Waals surface area contributed by atoms with Gasteiger partial charge in [-0.2, -0.15) is 9.40 Å². The van der Waals surface area contributed by atoms with Crippen molar-refractivity contribution in [3.8, 4) is 11.3 Å². The van der Waals surface area contributed by atoms with Gasteiger partial charge in [0.15, 0.2) is 11.5 Å². The Morgan fingerprint density at radius 2 is 2.00 bits per heavy atom. The third-order valence-electron chi connectivity index (χ3n) is 6.05. The smallest absolute Gasteiger partial charge is 0.243 e. The molecule has 0 bridgehead atoms. The van der Waals surface area contributed by atoms with Gasteiger partial charge in [-0.15, -0.1) is 0 Å². The van der Waals surface area contributed by atoms with Crippen LogP contribution in [0.5, 0.6) is 0 Å². The van der Waals surface area contributed by atoms with Crippen LogP contribution in [-0.4, -0.2) is 44.0 Å². The lowest BCUT2D eigenvalue weighted by atomic mass is 10.0. The summed E-state index contributed by atoms with van der Waals surface area (Å²) >= 11 is 0. The maximum atomic E-state index is 13.7. The largest absolute Gasteiger partial charge is 0.381 e. The van der Waals surface area contributed by atoms with E-state index in [9.17, 15) is 8.42 Å². The van der Waals surface area contributed by atoms with Crippen molar-refractivity contribution in [2.24, 2.45) is 0 Å². The minimum atomic E-state index is -3.76. The number of sulfonamides is 1. The number of nitrogens with two attached hydrogens (primary N) is 1. The molecule has 0 radical (unpaired) electrons. The fraction of sp³-hybridized carbons (Fsp3) is 0.333. The van der Waals surface area contributed by atoms with Gasteiger partial charge in [0.05, 0.1) is 28.5 Å². The Morgan fingerprint density at radius 1 is 1.19 bits per heavy atom. The first-order valence-corrected chi connectivity index (χ1v) is 11.7. The molecule has 2 N–H and O–H groups in total. The van der Waals surface area contributed by atoms with Gasteiger partial charge in [-0.05, 0) is 51.3 Å². The molecule has 1 saturated heterocycles. The molecule has 11 heteroatoms. The zero-order valence-corrected chi connectivity index (χ0v) is 18.8. The molecule has 1 fully saturated rings. The maximum absolute atomic E-state index is 13.7. The van der Waals surface area contributed by atoms with E-state index < -0.39 is 10.0 Å². The minimum Gasteiger partial charge on any atom is -0.381 e. The number of anilines is 1. The van der Waals surface area contributed by atoms with Crippen molar-refractivity contribution in [2.75, 3.05) is 12.3 Å². The van der Waals surface area contributed by atoms with Gasteiger partial charge in [0.25, 0.3) is 0 Å². The van der Waals surface area contributed by atoms with Gasteiger partial charge in [-0.25, -0.2) is 22.9 Å². The fourth-order valence-corrected chi connectivity index (χ4v) is 6.17. The molecule has 0 spiro atoms. The Hall–Kier alpha value is -3.31. The second-order valence-corrected chi connectivity index (χ2v) is 9.90. The summed E-state index contributed by atoms with van der Waals surface area (Å²) in [5.74, 6) is 0.911. The van der Waals surface area contributed by atoms with E-state index in [0.717, 1.165) is 29.7 Å². The second-order valence-electron chi connectivity index (χ2n) is 8.01. The van der Waals surface area contributed by atoms with Gasteiger partial charge in [0.2, 0.25) is 10.0 Å². The number of fused-ring (bicyclic) bond motifs is 1. The molecule has 32 heavy (non-hydrogen) atoms. The van der Waals surface area contributed by atoms with Gasteiger partial charge in [-0.3, -0.25) is 0 Å². The van der Waals surface area contributed by atoms with Gasteiger partial charge in [-0.1, -0.05) is 11.2 Å². The zero-order chi connectivity index (χ0) is 22.6. The van der Waals surface area contributed by atoms with Gasteiger partial charge >= 0.3 is 0 Å². The number of nitrogen functional groups attached to an aromatic ring is 1. The third-order valence-corrected chi connectivity index (χ3v) is 7.95. The number of hydrogen-bond donors (Lipinski definition) is 1. The van der Waals surface area contributed by atoms with Crippen molar-refractivity contribution in [1.29, 1.82) is 0 Å². The normalized spacial score (nSPS) is 17.4. The minimum absolute atomic E-state index is 0.216. The first-order valence-electron chi connectivity index (χ1n) is 10.3. The molecule has 3 aromatic heterocycles. The van der Waals surface area contributed by atoms with Gasteiger partial charge in [0, 0.05) is 17.7 Å². The Morgan fingerprint density at radius 3 is 2.75 bits per heavy atom. The van der Waals surface area contributed by atoms with Crippen molar-refractivity contribution in [3.05, 3.63) is 53.3 Å². The van der Waals surface area contributed by atoms with Crippen LogP contribution >= 0.6 is 0 Å². The van der Waals surface area contributed by atoms with E-state index in [2.05, 4.69) is 20.2 Å². The molecule has 0 aliphatic carbocycles. The molecule has 1 atom stereocenters. The first kappa shape index (κ1) is 20.6. The summed E-state index contributed by atoms with van der Waals surface area (Å²) in [4.78, 5) is 8.48. The lowest BCUT2D eigenvalue weighted by Crippen LogP contribution is -2.31. The number of aromatic nitrogens is 5. The third kappa shape index (κ3) is 3.07. The van der Waals surface area contributed by atoms with Crippen LogP contribution in [0.15, 0.2) is 40.1 Å². The summed E-state index contributed by atoms with van der Waals surface area (Å²) in [6.07, 6.45) is 4.48. The lowest BCUT2D eigenvalue weighted by molar-refractivity contribution is 0.376. The molecule has 0 saturated carbocycles. The van der Waals surface area contributed by atoms with Crippen molar-refractivity contribution in [1.82, 2.24) is 29.0 Å². The molecule has 10 nitrogen and oxygen atoms in total. The average molecular weight is 454 g/mol. The molecule has 1 unspecified atom stereocenters. The topological polar surface area (TPSA) is 133 Å². The molecule has 4 aromatic rings. The van der Waals surface area contributed by atoms with Crippen LogP contribution in [0.3, 0.4) is 0 Å². The molecular weight excluding hydrogens is 430 g/mol. The van der Waals surface area contributed by atoms with Crippen LogP contribution in [-0.2, 0) is 10.0 Å². The number of imidazole rings is 1. The Kier molecular flexibility index (Phi) is 4.75. The molecular formula is C21H23N7O3S. The monoisotopic (exact) mass is 453 g/mol. The number of aryl methyl sites for hydroxylation is 3. The van der Waals surface area contributed by atoms with Crippen LogP contribution in [0, 0.1) is 20.8 Å². The van der Waals surface area contributed by atoms with E-state index in [-0.39, 0.29) is 16.8 Å². The standard InChI is InChI=1S/C21H23N7O3S/c1-12-6-7-15(9-16(12)18-10-23-21-20(22)24-11-25-28(18)21)32(29,30)27-8-4-5-17(27)19-13(2)26-31-14(19)3/h6-7,9-11,17H,4-5,8H2,1-3H3,(H2,22,24,25). The number of benzene rings is 1. The van der Waals surface area contributed by atoms with Crippen LogP contribution < -0.4 is 5.73 Å². The fourth-order valence-electron chi connectivity index (χ4n) is 4.47. The molecule has 1 aliphatic heterocycles. The summed E-state index contributed by atoms with van der Waals surface area (Å²) in [7, 11) is -3.76. The number of rotatable bonds is 4. The first-order chi connectivity index (χ1) is 15.3. The molecule has 1 aromatic carbocycles. The van der Waals surface area contributed by atoms with E-state index >= 15 is 0 Å². The van der Waals surface area contributed by atoms with Gasteiger partial charge in [0.1, 0.15) is 12.1 Å². The Bertz CT molecular complexity index is 1420. The molecule has 4 heterocycles. The van der Waals surface area contributed by atoms with Crippen LogP contribution in [0.4, 0.5) is 5.82 Å². The van der Waals surface area contributed by atoms with Crippen LogP contribution in [0.2, 0.25) is 0 Å². The van der Waals surface area contributed by atoms with Crippen molar-refractivity contribution in [2.45, 2.75) is 44.6 Å². The van der Waals surface area contributed by atoms with Crippen molar-refractivity contribution in [3.63, 3.8) is 0 Å². The Balaban J connectivity index is 1.60. The highest BCUT2D eigenvalue weighted by atomic mass is 32.2. The van der Waals surface area contributed by atoms with E-state index in [1.54, 1.807) is 33.2 Å². The lowest BCUT2D eigenvalue weighted by Gasteiger charge is -2.24. The molecule has 166 valence electrons. The highest BCUT2D eigenvalue weighted by Gasteiger charge is 2.39. The predicted molar refractivity (Wildman–Crippen MR) is 117 cm³/mol. The molecule has 5 rings (SSSR count). The van der Waals surface area contributed by atoms with E-state index in [0.29, 0.717) is 29.2 Å². The summed E-state index contributed by atoms with van der Waals surface area (Å²) in [6.45, 7) is 6.02. The zero-order valence-electron chi connectivity index (χ0n) is 18.0. The summed E-state index contributed by atoms with van der Waals surface area (Å²) < 4.78 is 35.9. The quantitative estimate of drug-likeness (QED) is 0.499.